The Kier molecular flexibility index (Phi) is 7.41. The minimum Gasteiger partial charge on any atom is -0.494 e. The van der Waals surface area contributed by atoms with E-state index in [0.29, 0.717) is 23.7 Å². The molecule has 0 unspecified atom stereocenters. The summed E-state index contributed by atoms with van der Waals surface area (Å²) in [6.45, 7) is 3.42. The monoisotopic (exact) mass is 473 g/mol. The summed E-state index contributed by atoms with van der Waals surface area (Å²) < 4.78 is 29.5. The van der Waals surface area contributed by atoms with E-state index in [9.17, 15) is 18.5 Å². The molecule has 3 aromatic rings. The van der Waals surface area contributed by atoms with Gasteiger partial charge in [-0.1, -0.05) is 0 Å². The van der Waals surface area contributed by atoms with Crippen molar-refractivity contribution in [2.75, 3.05) is 29.6 Å². The average Bonchev–Trinajstić information content (AvgIpc) is 2.75. The van der Waals surface area contributed by atoms with Crippen LogP contribution in [0, 0.1) is 17.0 Å². The molecule has 3 rings (SSSR count). The zero-order valence-corrected chi connectivity index (χ0v) is 18.8. The molecule has 0 aliphatic rings. The third kappa shape index (κ3) is 5.93. The summed E-state index contributed by atoms with van der Waals surface area (Å²) >= 11 is 0. The summed E-state index contributed by atoms with van der Waals surface area (Å²) in [6, 6.07) is 12.7. The van der Waals surface area contributed by atoms with Crippen LogP contribution in [0.4, 0.5) is 28.8 Å². The maximum absolute atomic E-state index is 12.0. The van der Waals surface area contributed by atoms with E-state index < -0.39 is 21.4 Å². The van der Waals surface area contributed by atoms with Gasteiger partial charge in [-0.25, -0.2) is 13.4 Å². The van der Waals surface area contributed by atoms with E-state index in [1.807, 2.05) is 6.92 Å². The molecule has 0 spiro atoms. The van der Waals surface area contributed by atoms with Crippen LogP contribution in [-0.2, 0) is 9.84 Å². The molecule has 11 nitrogen and oxygen atoms in total. The number of aliphatic hydroxyl groups is 1. The van der Waals surface area contributed by atoms with Crippen LogP contribution >= 0.6 is 0 Å². The number of benzene rings is 2. The first-order valence-corrected chi connectivity index (χ1v) is 11.6. The fourth-order valence-corrected chi connectivity index (χ4v) is 4.01. The molecule has 33 heavy (non-hydrogen) atoms. The molecule has 2 aromatic carbocycles. The molecule has 0 atom stereocenters. The average molecular weight is 474 g/mol. The van der Waals surface area contributed by atoms with Gasteiger partial charge in [0.05, 0.1) is 28.8 Å². The largest absolute Gasteiger partial charge is 0.494 e. The van der Waals surface area contributed by atoms with Crippen molar-refractivity contribution in [3.8, 4) is 5.75 Å². The van der Waals surface area contributed by atoms with Gasteiger partial charge in [-0.15, -0.1) is 0 Å². The molecular formula is C21H23N5O6S. The van der Waals surface area contributed by atoms with Crippen LogP contribution < -0.4 is 15.4 Å². The molecular weight excluding hydrogens is 450 g/mol. The SMILES string of the molecule is CCOc1ccc(Nc2nc(Nc3ccc(S(=O)(=O)CCO)cc3)nc(C)c2[N+](=O)[O-])cc1. The second kappa shape index (κ2) is 10.2. The number of hydrogen-bond donors (Lipinski definition) is 3. The van der Waals surface area contributed by atoms with Gasteiger partial charge in [0.1, 0.15) is 11.4 Å². The van der Waals surface area contributed by atoms with Crippen molar-refractivity contribution in [3.05, 3.63) is 64.3 Å². The number of aryl methyl sites for hydroxylation is 1. The highest BCUT2D eigenvalue weighted by Crippen LogP contribution is 2.31. The standard InChI is InChI=1S/C21H23N5O6S/c1-3-32-17-8-4-15(5-9-17)23-20-19(26(28)29)14(2)22-21(25-20)24-16-6-10-18(11-7-16)33(30,31)13-12-27/h4-11,27H,3,12-13H2,1-2H3,(H2,22,23,24,25). The zero-order chi connectivity index (χ0) is 24.0. The summed E-state index contributed by atoms with van der Waals surface area (Å²) in [4.78, 5) is 19.5. The molecule has 1 aromatic heterocycles. The van der Waals surface area contributed by atoms with Gasteiger partial charge in [0, 0.05) is 11.4 Å². The number of hydrogen-bond acceptors (Lipinski definition) is 10. The van der Waals surface area contributed by atoms with E-state index in [0.717, 1.165) is 0 Å². The first-order chi connectivity index (χ1) is 15.7. The Labute approximate surface area is 190 Å². The Balaban J connectivity index is 1.88. The Hall–Kier alpha value is -3.77. The lowest BCUT2D eigenvalue weighted by Gasteiger charge is -2.12. The number of nitrogens with one attached hydrogen (secondary N) is 2. The topological polar surface area (TPSA) is 157 Å². The molecule has 174 valence electrons. The number of aliphatic hydroxyl groups excluding tert-OH is 1. The van der Waals surface area contributed by atoms with E-state index in [1.165, 1.54) is 31.2 Å². The Morgan fingerprint density at radius 3 is 2.21 bits per heavy atom. The zero-order valence-electron chi connectivity index (χ0n) is 18.0. The molecule has 0 radical (unpaired) electrons. The van der Waals surface area contributed by atoms with Gasteiger partial charge in [0.25, 0.3) is 0 Å². The smallest absolute Gasteiger partial charge is 0.332 e. The van der Waals surface area contributed by atoms with Crippen LogP contribution in [-0.4, -0.2) is 47.4 Å². The first kappa shape index (κ1) is 23.9. The molecule has 0 aliphatic heterocycles. The van der Waals surface area contributed by atoms with E-state index in [-0.39, 0.29) is 33.8 Å². The van der Waals surface area contributed by atoms with Crippen LogP contribution in [0.1, 0.15) is 12.6 Å². The fraction of sp³-hybridized carbons (Fsp3) is 0.238. The third-order valence-electron chi connectivity index (χ3n) is 4.50. The maximum atomic E-state index is 12.0. The van der Waals surface area contributed by atoms with Gasteiger partial charge in [-0.2, -0.15) is 4.98 Å². The van der Waals surface area contributed by atoms with Gasteiger partial charge in [0.15, 0.2) is 9.84 Å². The van der Waals surface area contributed by atoms with Crippen molar-refractivity contribution >= 4 is 38.7 Å². The Bertz CT molecular complexity index is 1230. The Morgan fingerprint density at radius 1 is 1.03 bits per heavy atom. The summed E-state index contributed by atoms with van der Waals surface area (Å²) in [6.07, 6.45) is 0. The lowest BCUT2D eigenvalue weighted by Crippen LogP contribution is -2.10. The second-order valence-corrected chi connectivity index (χ2v) is 8.97. The summed E-state index contributed by atoms with van der Waals surface area (Å²) in [5, 5.41) is 26.4. The number of anilines is 4. The molecule has 0 saturated heterocycles. The van der Waals surface area contributed by atoms with Crippen LogP contribution in [0.5, 0.6) is 5.75 Å². The van der Waals surface area contributed by atoms with Crippen LogP contribution in [0.2, 0.25) is 0 Å². The molecule has 12 heteroatoms. The van der Waals surface area contributed by atoms with Gasteiger partial charge in [-0.05, 0) is 62.4 Å². The van der Waals surface area contributed by atoms with Crippen molar-refractivity contribution < 1.29 is 23.2 Å². The van der Waals surface area contributed by atoms with Crippen LogP contribution in [0.15, 0.2) is 53.4 Å². The van der Waals surface area contributed by atoms with Crippen LogP contribution in [0.3, 0.4) is 0 Å². The first-order valence-electron chi connectivity index (χ1n) is 9.97. The molecule has 1 heterocycles. The predicted octanol–water partition coefficient (Wildman–Crippen LogP) is 3.35. The number of rotatable bonds is 10. The maximum Gasteiger partial charge on any atom is 0.332 e. The molecule has 0 fully saturated rings. The molecule has 0 bridgehead atoms. The van der Waals surface area contributed by atoms with Crippen molar-refractivity contribution in [1.29, 1.82) is 0 Å². The fourth-order valence-electron chi connectivity index (χ4n) is 2.98. The minimum absolute atomic E-state index is 0.00121. The molecule has 0 aliphatic carbocycles. The van der Waals surface area contributed by atoms with Crippen molar-refractivity contribution in [3.63, 3.8) is 0 Å². The van der Waals surface area contributed by atoms with E-state index in [2.05, 4.69) is 20.6 Å². The minimum atomic E-state index is -3.57. The quantitative estimate of drug-likeness (QED) is 0.295. The van der Waals surface area contributed by atoms with Gasteiger partial charge >= 0.3 is 5.69 Å². The normalized spacial score (nSPS) is 11.1. The van der Waals surface area contributed by atoms with Crippen molar-refractivity contribution in [2.24, 2.45) is 0 Å². The van der Waals surface area contributed by atoms with Gasteiger partial charge < -0.3 is 20.5 Å². The van der Waals surface area contributed by atoms with Crippen LogP contribution in [0.25, 0.3) is 0 Å². The second-order valence-electron chi connectivity index (χ2n) is 6.86. The van der Waals surface area contributed by atoms with Gasteiger partial charge in [-0.3, -0.25) is 10.1 Å². The highest BCUT2D eigenvalue weighted by Gasteiger charge is 2.22. The van der Waals surface area contributed by atoms with E-state index in [1.54, 1.807) is 24.3 Å². The number of aromatic nitrogens is 2. The number of ether oxygens (including phenoxy) is 1. The Morgan fingerprint density at radius 2 is 1.64 bits per heavy atom. The highest BCUT2D eigenvalue weighted by molar-refractivity contribution is 7.91. The summed E-state index contributed by atoms with van der Waals surface area (Å²) in [7, 11) is -3.57. The predicted molar refractivity (Wildman–Crippen MR) is 123 cm³/mol. The van der Waals surface area contributed by atoms with Crippen molar-refractivity contribution in [2.45, 2.75) is 18.7 Å². The number of sulfone groups is 1. The lowest BCUT2D eigenvalue weighted by molar-refractivity contribution is -0.385. The van der Waals surface area contributed by atoms with E-state index >= 15 is 0 Å². The molecule has 3 N–H and O–H groups in total. The molecule has 0 amide bonds. The summed E-state index contributed by atoms with van der Waals surface area (Å²) in [5.41, 5.74) is 0.940. The van der Waals surface area contributed by atoms with Gasteiger partial charge in [0.2, 0.25) is 11.8 Å². The van der Waals surface area contributed by atoms with E-state index in [4.69, 9.17) is 9.84 Å². The van der Waals surface area contributed by atoms with Crippen molar-refractivity contribution in [1.82, 2.24) is 9.97 Å². The number of nitro groups is 1. The molecule has 0 saturated carbocycles. The third-order valence-corrected chi connectivity index (χ3v) is 6.21. The summed E-state index contributed by atoms with van der Waals surface area (Å²) in [5.74, 6) is 0.396. The highest BCUT2D eigenvalue weighted by atomic mass is 32.2. The number of nitrogens with zero attached hydrogens (tertiary/aromatic N) is 3. The lowest BCUT2D eigenvalue weighted by atomic mass is 10.3.